The van der Waals surface area contributed by atoms with E-state index in [9.17, 15) is 38.4 Å². The SMILES string of the molecule is CN(C)C(=O)[C@H]1CC[C@@H](N)[C@H](NC(=O)OC(C)(C)C)C1.CN(C)C(=O)[C@H]1CC[C@@H](N)[C@H](NC(=O)OC(C)(C)C)C1.CN(C)C(=O)[C@H]1CC[C@@H](N)[C@H](NC(=O)OC(C)(C)C)C1.CN(C)C(=O)[C@H]1CC[C@@H](N=[N+]=[N-])[C@H](NC(=O)OC(C)(C)C)C1.O.O=C(O)C(=O)O.O=C(O)C(=O)O. The summed E-state index contributed by atoms with van der Waals surface area (Å²) < 4.78 is 20.9. The van der Waals surface area contributed by atoms with Crippen LogP contribution in [0.4, 0.5) is 19.2 Å². The first-order chi connectivity index (χ1) is 42.7. The molecule has 0 spiro atoms. The average Bonchev–Trinajstić information content (AvgIpc) is 0.869. The highest BCUT2D eigenvalue weighted by molar-refractivity contribution is 6.27. The fourth-order valence-corrected chi connectivity index (χ4v) is 9.79. The molecular weight excluding hydrogens is 1250 g/mol. The Morgan fingerprint density at radius 1 is 0.379 bits per heavy atom. The molecule has 4 aliphatic rings. The van der Waals surface area contributed by atoms with Gasteiger partial charge in [-0.05, 0) is 166 Å². The van der Waals surface area contributed by atoms with Gasteiger partial charge in [-0.3, -0.25) is 19.2 Å². The van der Waals surface area contributed by atoms with E-state index >= 15 is 0 Å². The van der Waals surface area contributed by atoms with Gasteiger partial charge in [-0.15, -0.1) is 0 Å². The molecule has 95 heavy (non-hydrogen) atoms. The van der Waals surface area contributed by atoms with Gasteiger partial charge >= 0.3 is 48.3 Å². The van der Waals surface area contributed by atoms with E-state index in [4.69, 9.17) is 81.3 Å². The third-order valence-electron chi connectivity index (χ3n) is 14.1. The Morgan fingerprint density at radius 2 is 0.568 bits per heavy atom. The number of hydrogen-bond donors (Lipinski definition) is 11. The van der Waals surface area contributed by atoms with E-state index in [0.717, 1.165) is 38.5 Å². The van der Waals surface area contributed by atoms with Crippen molar-refractivity contribution < 1.29 is 102 Å². The number of hydrogen-bond acceptors (Lipinski definition) is 20. The van der Waals surface area contributed by atoms with Crippen molar-refractivity contribution in [3.8, 4) is 0 Å². The normalized spacial score (nSPS) is 23.6. The van der Waals surface area contributed by atoms with Crippen LogP contribution in [0.2, 0.25) is 0 Å². The van der Waals surface area contributed by atoms with E-state index in [2.05, 4.69) is 31.3 Å². The van der Waals surface area contributed by atoms with Gasteiger partial charge in [0.15, 0.2) is 0 Å². The molecule has 0 radical (unpaired) electrons. The number of amides is 8. The number of rotatable bonds is 9. The minimum absolute atomic E-state index is 0. The lowest BCUT2D eigenvalue weighted by molar-refractivity contribution is -0.159. The number of carbonyl (C=O) groups is 12. The summed E-state index contributed by atoms with van der Waals surface area (Å²) in [6.45, 7) is 21.6. The van der Waals surface area contributed by atoms with Crippen LogP contribution in [0.3, 0.4) is 0 Å². The lowest BCUT2D eigenvalue weighted by atomic mass is 9.82. The second-order valence-corrected chi connectivity index (χ2v) is 28.0. The molecular formula is C60H112N14O21. The molecule has 0 aromatic rings. The van der Waals surface area contributed by atoms with Crippen molar-refractivity contribution in [1.29, 1.82) is 0 Å². The Hall–Kier alpha value is -8.01. The van der Waals surface area contributed by atoms with E-state index in [0.29, 0.717) is 38.5 Å². The number of nitrogens with two attached hydrogens (primary N) is 3. The Balaban J connectivity index is -0.00000112. The van der Waals surface area contributed by atoms with Crippen LogP contribution in [-0.2, 0) is 57.3 Å². The van der Waals surface area contributed by atoms with Crippen LogP contribution >= 0.6 is 0 Å². The molecule has 35 nitrogen and oxygen atoms in total. The summed E-state index contributed by atoms with van der Waals surface area (Å²) in [5.74, 6) is -7.42. The van der Waals surface area contributed by atoms with Crippen LogP contribution in [0.1, 0.15) is 160 Å². The summed E-state index contributed by atoms with van der Waals surface area (Å²) in [4.78, 5) is 141. The van der Waals surface area contributed by atoms with Crippen LogP contribution < -0.4 is 38.5 Å². The van der Waals surface area contributed by atoms with E-state index < -0.39 is 76.7 Å². The maximum Gasteiger partial charge on any atom is 0.414 e. The van der Waals surface area contributed by atoms with Crippen LogP contribution in [0.25, 0.3) is 10.4 Å². The predicted molar refractivity (Wildman–Crippen MR) is 348 cm³/mol. The van der Waals surface area contributed by atoms with Crippen molar-refractivity contribution >= 4 is 71.9 Å². The fourth-order valence-electron chi connectivity index (χ4n) is 9.79. The number of nitrogens with zero attached hydrogens (tertiary/aromatic N) is 7. The van der Waals surface area contributed by atoms with Gasteiger partial charge in [-0.1, -0.05) is 5.11 Å². The molecule has 0 heterocycles. The number of aliphatic carboxylic acids is 4. The second kappa shape index (κ2) is 41.7. The maximum atomic E-state index is 12.1. The van der Waals surface area contributed by atoms with Crippen molar-refractivity contribution in [2.75, 3.05) is 56.4 Å². The first-order valence-electron chi connectivity index (χ1n) is 30.8. The highest BCUT2D eigenvalue weighted by Crippen LogP contribution is 2.30. The topological polar surface area (TPSA) is 542 Å². The van der Waals surface area contributed by atoms with Crippen LogP contribution in [0.15, 0.2) is 5.11 Å². The van der Waals surface area contributed by atoms with Crippen LogP contribution in [-0.4, -0.2) is 245 Å². The van der Waals surface area contributed by atoms with Crippen molar-refractivity contribution in [1.82, 2.24) is 40.9 Å². The fraction of sp³-hybridized carbons (Fsp3) is 0.800. The monoisotopic (exact) mass is 1360 g/mol. The van der Waals surface area contributed by atoms with Crippen LogP contribution in [0.5, 0.6) is 0 Å². The van der Waals surface area contributed by atoms with E-state index in [-0.39, 0.29) is 95.1 Å². The lowest BCUT2D eigenvalue weighted by Gasteiger charge is -2.35. The Labute approximate surface area is 557 Å². The quantitative estimate of drug-likeness (QED) is 0.0519. The maximum absolute atomic E-state index is 12.1. The van der Waals surface area contributed by atoms with Gasteiger partial charge in [-0.2, -0.15) is 0 Å². The highest BCUT2D eigenvalue weighted by Gasteiger charge is 2.39. The molecule has 4 aliphatic carbocycles. The molecule has 0 bridgehead atoms. The Kier molecular flexibility index (Phi) is 40.1. The smallest absolute Gasteiger partial charge is 0.414 e. The van der Waals surface area contributed by atoms with Gasteiger partial charge in [0.25, 0.3) is 0 Å². The minimum Gasteiger partial charge on any atom is -0.473 e. The zero-order chi connectivity index (χ0) is 73.7. The third-order valence-corrected chi connectivity index (χ3v) is 14.1. The summed E-state index contributed by atoms with van der Waals surface area (Å²) >= 11 is 0. The summed E-state index contributed by atoms with van der Waals surface area (Å²) in [7, 11) is 13.9. The number of carbonyl (C=O) groups excluding carboxylic acids is 8. The van der Waals surface area contributed by atoms with Gasteiger partial charge in [-0.25, -0.2) is 38.4 Å². The summed E-state index contributed by atoms with van der Waals surface area (Å²) in [6, 6.07) is -1.79. The number of alkyl carbamates (subject to hydrolysis) is 4. The molecule has 0 aliphatic heterocycles. The van der Waals surface area contributed by atoms with E-state index in [1.54, 1.807) is 96.8 Å². The molecule has 4 fully saturated rings. The van der Waals surface area contributed by atoms with Crippen molar-refractivity contribution in [2.45, 2.75) is 231 Å². The molecule has 8 amide bonds. The lowest BCUT2D eigenvalue weighted by Crippen LogP contribution is -2.53. The molecule has 0 aromatic heterocycles. The number of carboxylic acid groups (broad SMARTS) is 4. The minimum atomic E-state index is -1.82. The zero-order valence-corrected chi connectivity index (χ0v) is 59.1. The van der Waals surface area contributed by atoms with Crippen molar-refractivity contribution in [3.05, 3.63) is 10.4 Å². The first kappa shape index (κ1) is 91.2. The van der Waals surface area contributed by atoms with Gasteiger partial charge in [0.05, 0.1) is 6.04 Å². The number of ether oxygens (including phenoxy) is 4. The molecule has 16 N–H and O–H groups in total. The van der Waals surface area contributed by atoms with Gasteiger partial charge in [0.1, 0.15) is 22.4 Å². The second-order valence-electron chi connectivity index (χ2n) is 28.0. The summed E-state index contributed by atoms with van der Waals surface area (Å²) in [5.41, 5.74) is 24.5. The summed E-state index contributed by atoms with van der Waals surface area (Å²) in [6.07, 6.45) is 5.85. The predicted octanol–water partition coefficient (Wildman–Crippen LogP) is 3.22. The molecule has 12 atom stereocenters. The standard InChI is InChI=1S/C14H25N5O3.3C14H27N3O3.2C2H2O4.H2O/c1-14(2,3)22-13(21)16-11-8-9(12(20)19(4)5)6-7-10(11)17-18-15;3*1-14(2,3)20-13(19)16-11-8-9(6-7-10(11)15)12(18)17(4)5;2*3-1(4)2(5)6;/h9-11H,6-8H2,1-5H3,(H,16,21);3*9-11H,6-8,15H2,1-5H3,(H,16,19);2*(H,3,4)(H,5,6);1H2/t4*9-,10+,11+;;;/m0000.../s1. The number of nitrogens with one attached hydrogen (secondary N) is 4. The van der Waals surface area contributed by atoms with Gasteiger partial charge < -0.3 is 103 Å². The molecule has 548 valence electrons. The zero-order valence-electron chi connectivity index (χ0n) is 59.1. The molecule has 0 aromatic carbocycles. The van der Waals surface area contributed by atoms with E-state index in [1.807, 2.05) is 62.3 Å². The van der Waals surface area contributed by atoms with E-state index in [1.165, 1.54) is 0 Å². The molecule has 4 saturated carbocycles. The number of azide groups is 1. The largest absolute Gasteiger partial charge is 0.473 e. The Bertz CT molecular complexity index is 2360. The highest BCUT2D eigenvalue weighted by atomic mass is 16.6. The van der Waals surface area contributed by atoms with Gasteiger partial charge in [0, 0.05) is 127 Å². The Morgan fingerprint density at radius 3 is 0.747 bits per heavy atom. The van der Waals surface area contributed by atoms with Gasteiger partial charge in [0.2, 0.25) is 23.6 Å². The van der Waals surface area contributed by atoms with Crippen molar-refractivity contribution in [2.24, 2.45) is 46.0 Å². The van der Waals surface area contributed by atoms with Crippen LogP contribution in [0, 0.1) is 23.7 Å². The molecule has 0 saturated heterocycles. The summed E-state index contributed by atoms with van der Waals surface area (Å²) in [5, 5.41) is 44.4. The third kappa shape index (κ3) is 40.1. The molecule has 4 rings (SSSR count). The first-order valence-corrected chi connectivity index (χ1v) is 30.8. The van der Waals surface area contributed by atoms with Crippen molar-refractivity contribution in [3.63, 3.8) is 0 Å². The number of carboxylic acids is 4. The molecule has 35 heteroatoms. The average molecular weight is 1370 g/mol. The molecule has 0 unspecified atom stereocenters.